The second-order valence-electron chi connectivity index (χ2n) is 7.61. The molecule has 1 atom stereocenters. The average Bonchev–Trinajstić information content (AvgIpc) is 3.23. The van der Waals surface area contributed by atoms with E-state index in [1.165, 1.54) is 17.3 Å². The van der Waals surface area contributed by atoms with Gasteiger partial charge < -0.3 is 14.6 Å². The first-order valence-corrected chi connectivity index (χ1v) is 11.7. The Morgan fingerprint density at radius 1 is 1.00 bits per heavy atom. The molecule has 0 bridgehead atoms. The quantitative estimate of drug-likeness (QED) is 0.369. The predicted octanol–water partition coefficient (Wildman–Crippen LogP) is 4.68. The summed E-state index contributed by atoms with van der Waals surface area (Å²) >= 11 is 1.37. The van der Waals surface area contributed by atoms with Gasteiger partial charge in [0, 0.05) is 12.6 Å². The van der Waals surface area contributed by atoms with Crippen molar-refractivity contribution in [2.45, 2.75) is 17.6 Å². The van der Waals surface area contributed by atoms with Gasteiger partial charge in [-0.2, -0.15) is 0 Å². The van der Waals surface area contributed by atoms with Gasteiger partial charge in [-0.05, 0) is 29.7 Å². The molecule has 0 fully saturated rings. The van der Waals surface area contributed by atoms with Crippen molar-refractivity contribution < 1.29 is 9.53 Å². The zero-order valence-electron chi connectivity index (χ0n) is 18.6. The maximum Gasteiger partial charge on any atom is 0.230 e. The Kier molecular flexibility index (Phi) is 7.42. The van der Waals surface area contributed by atoms with Crippen LogP contribution in [0.1, 0.15) is 17.2 Å². The summed E-state index contributed by atoms with van der Waals surface area (Å²) < 4.78 is 7.20. The standard InChI is InChI=1S/C26H26N4O2S/c1-30-25(21-14-9-15-22(17-21)32-2)28-29-26(30)33-18-24(31)27-23(20-12-7-4-8-13-20)16-19-10-5-3-6-11-19/h3-15,17,23H,16,18H2,1-2H3,(H,27,31). The number of hydrogen-bond acceptors (Lipinski definition) is 5. The van der Waals surface area contributed by atoms with Crippen molar-refractivity contribution >= 4 is 17.7 Å². The third-order valence-electron chi connectivity index (χ3n) is 5.32. The highest BCUT2D eigenvalue weighted by Crippen LogP contribution is 2.26. The van der Waals surface area contributed by atoms with Crippen LogP contribution in [0.25, 0.3) is 11.4 Å². The molecular formula is C26H26N4O2S. The molecule has 0 saturated carbocycles. The maximum absolute atomic E-state index is 12.9. The second kappa shape index (κ2) is 10.8. The fraction of sp³-hybridized carbons (Fsp3) is 0.192. The first kappa shape index (κ1) is 22.6. The van der Waals surface area contributed by atoms with Gasteiger partial charge in [0.2, 0.25) is 5.91 Å². The number of hydrogen-bond donors (Lipinski definition) is 1. The molecule has 6 nitrogen and oxygen atoms in total. The van der Waals surface area contributed by atoms with Gasteiger partial charge >= 0.3 is 0 Å². The summed E-state index contributed by atoms with van der Waals surface area (Å²) in [5, 5.41) is 12.5. The molecule has 1 unspecified atom stereocenters. The smallest absolute Gasteiger partial charge is 0.230 e. The summed E-state index contributed by atoms with van der Waals surface area (Å²) in [6, 6.07) is 27.8. The Morgan fingerprint density at radius 3 is 2.45 bits per heavy atom. The Hall–Kier alpha value is -3.58. The lowest BCUT2D eigenvalue weighted by atomic mass is 9.99. The van der Waals surface area contributed by atoms with Crippen LogP contribution in [-0.4, -0.2) is 33.5 Å². The zero-order chi connectivity index (χ0) is 23.0. The first-order chi connectivity index (χ1) is 16.1. The summed E-state index contributed by atoms with van der Waals surface area (Å²) in [7, 11) is 3.54. The Morgan fingerprint density at radius 2 is 1.73 bits per heavy atom. The Bertz CT molecular complexity index is 1200. The van der Waals surface area contributed by atoms with E-state index in [0.29, 0.717) is 5.16 Å². The van der Waals surface area contributed by atoms with E-state index < -0.39 is 0 Å². The predicted molar refractivity (Wildman–Crippen MR) is 131 cm³/mol. The molecule has 1 N–H and O–H groups in total. The Balaban J connectivity index is 1.43. The van der Waals surface area contributed by atoms with Crippen LogP contribution in [0, 0.1) is 0 Å². The van der Waals surface area contributed by atoms with Crippen LogP contribution in [-0.2, 0) is 18.3 Å². The summed E-state index contributed by atoms with van der Waals surface area (Å²) in [5.74, 6) is 1.69. The van der Waals surface area contributed by atoms with Crippen molar-refractivity contribution in [3.05, 3.63) is 96.1 Å². The van der Waals surface area contributed by atoms with Crippen LogP contribution < -0.4 is 10.1 Å². The topological polar surface area (TPSA) is 69.0 Å². The molecule has 7 heteroatoms. The van der Waals surface area contributed by atoms with E-state index in [1.807, 2.05) is 84.4 Å². The molecule has 0 aliphatic rings. The van der Waals surface area contributed by atoms with E-state index in [-0.39, 0.29) is 17.7 Å². The van der Waals surface area contributed by atoms with Crippen molar-refractivity contribution in [2.75, 3.05) is 12.9 Å². The number of rotatable bonds is 9. The minimum atomic E-state index is -0.103. The number of nitrogens with zero attached hydrogens (tertiary/aromatic N) is 3. The number of aromatic nitrogens is 3. The van der Waals surface area contributed by atoms with E-state index in [0.717, 1.165) is 29.1 Å². The van der Waals surface area contributed by atoms with E-state index in [4.69, 9.17) is 4.74 Å². The van der Waals surface area contributed by atoms with Crippen LogP contribution in [0.2, 0.25) is 0 Å². The van der Waals surface area contributed by atoms with Crippen LogP contribution >= 0.6 is 11.8 Å². The van der Waals surface area contributed by atoms with Crippen molar-refractivity contribution in [3.63, 3.8) is 0 Å². The summed E-state index contributed by atoms with van der Waals surface area (Å²) in [6.07, 6.45) is 0.727. The molecule has 33 heavy (non-hydrogen) atoms. The van der Waals surface area contributed by atoms with E-state index in [9.17, 15) is 4.79 Å². The van der Waals surface area contributed by atoms with Crippen LogP contribution in [0.5, 0.6) is 5.75 Å². The third-order valence-corrected chi connectivity index (χ3v) is 6.34. The molecule has 0 radical (unpaired) electrons. The third kappa shape index (κ3) is 5.81. The number of thioether (sulfide) groups is 1. The number of ether oxygens (including phenoxy) is 1. The molecule has 4 rings (SSSR count). The normalized spacial score (nSPS) is 11.7. The largest absolute Gasteiger partial charge is 0.497 e. The Labute approximate surface area is 198 Å². The fourth-order valence-electron chi connectivity index (χ4n) is 3.61. The molecular weight excluding hydrogens is 432 g/mol. The van der Waals surface area contributed by atoms with Gasteiger partial charge in [0.05, 0.1) is 18.9 Å². The van der Waals surface area contributed by atoms with E-state index >= 15 is 0 Å². The summed E-state index contributed by atoms with van der Waals surface area (Å²) in [6.45, 7) is 0. The lowest BCUT2D eigenvalue weighted by Gasteiger charge is -2.19. The number of carbonyl (C=O) groups excluding carboxylic acids is 1. The lowest BCUT2D eigenvalue weighted by molar-refractivity contribution is -0.119. The molecule has 0 aliphatic carbocycles. The molecule has 1 amide bonds. The number of methoxy groups -OCH3 is 1. The van der Waals surface area contributed by atoms with Crippen molar-refractivity contribution in [1.29, 1.82) is 0 Å². The van der Waals surface area contributed by atoms with Gasteiger partial charge in [-0.25, -0.2) is 0 Å². The molecule has 0 aliphatic heterocycles. The number of benzene rings is 3. The molecule has 0 saturated heterocycles. The van der Waals surface area contributed by atoms with Gasteiger partial charge in [-0.3, -0.25) is 4.79 Å². The van der Waals surface area contributed by atoms with Gasteiger partial charge in [0.25, 0.3) is 0 Å². The first-order valence-electron chi connectivity index (χ1n) is 10.7. The molecule has 1 aromatic heterocycles. The van der Waals surface area contributed by atoms with E-state index in [1.54, 1.807) is 7.11 Å². The van der Waals surface area contributed by atoms with Gasteiger partial charge in [-0.15, -0.1) is 10.2 Å². The van der Waals surface area contributed by atoms with Crippen molar-refractivity contribution in [3.8, 4) is 17.1 Å². The fourth-order valence-corrected chi connectivity index (χ4v) is 4.33. The highest BCUT2D eigenvalue weighted by atomic mass is 32.2. The average molecular weight is 459 g/mol. The number of amides is 1. The highest BCUT2D eigenvalue weighted by Gasteiger charge is 2.17. The zero-order valence-corrected chi connectivity index (χ0v) is 19.5. The number of carbonyl (C=O) groups is 1. The summed E-state index contributed by atoms with van der Waals surface area (Å²) in [4.78, 5) is 12.9. The van der Waals surface area contributed by atoms with Crippen molar-refractivity contribution in [2.24, 2.45) is 7.05 Å². The number of nitrogens with one attached hydrogen (secondary N) is 1. The minimum Gasteiger partial charge on any atom is -0.497 e. The van der Waals surface area contributed by atoms with Crippen LogP contribution in [0.3, 0.4) is 0 Å². The molecule has 4 aromatic rings. The molecule has 168 valence electrons. The highest BCUT2D eigenvalue weighted by molar-refractivity contribution is 7.99. The summed E-state index contributed by atoms with van der Waals surface area (Å²) in [5.41, 5.74) is 3.17. The van der Waals surface area contributed by atoms with Gasteiger partial charge in [-0.1, -0.05) is 84.6 Å². The SMILES string of the molecule is COc1cccc(-c2nnc(SCC(=O)NC(Cc3ccccc3)c3ccccc3)n2C)c1. The van der Waals surface area contributed by atoms with Gasteiger partial charge in [0.15, 0.2) is 11.0 Å². The van der Waals surface area contributed by atoms with Crippen LogP contribution in [0.4, 0.5) is 0 Å². The molecule has 3 aromatic carbocycles. The maximum atomic E-state index is 12.9. The van der Waals surface area contributed by atoms with Gasteiger partial charge in [0.1, 0.15) is 5.75 Å². The van der Waals surface area contributed by atoms with E-state index in [2.05, 4.69) is 27.6 Å². The van der Waals surface area contributed by atoms with Crippen molar-refractivity contribution in [1.82, 2.24) is 20.1 Å². The minimum absolute atomic E-state index is 0.0456. The lowest BCUT2D eigenvalue weighted by Crippen LogP contribution is -2.31. The molecule has 0 spiro atoms. The molecule has 1 heterocycles. The monoisotopic (exact) mass is 458 g/mol. The second-order valence-corrected chi connectivity index (χ2v) is 8.55. The van der Waals surface area contributed by atoms with Crippen LogP contribution in [0.15, 0.2) is 90.1 Å².